The van der Waals surface area contributed by atoms with Crippen LogP contribution in [-0.4, -0.2) is 57.1 Å². The minimum Gasteiger partial charge on any atom is -0.343 e. The summed E-state index contributed by atoms with van der Waals surface area (Å²) in [6, 6.07) is 13.5. The highest BCUT2D eigenvalue weighted by molar-refractivity contribution is 7.89. The molecule has 2 amide bonds. The summed E-state index contributed by atoms with van der Waals surface area (Å²) in [6.07, 6.45) is 0. The minimum absolute atomic E-state index is 0.0214. The van der Waals surface area contributed by atoms with E-state index in [9.17, 15) is 18.0 Å². The number of hydrogen-bond donors (Lipinski definition) is 1. The Labute approximate surface area is 166 Å². The fourth-order valence-corrected chi connectivity index (χ4v) is 3.48. The Kier molecular flexibility index (Phi) is 6.93. The van der Waals surface area contributed by atoms with Crippen molar-refractivity contribution in [2.24, 2.45) is 0 Å². The Morgan fingerprint density at radius 3 is 2.32 bits per heavy atom. The fourth-order valence-electron chi connectivity index (χ4n) is 2.53. The topological polar surface area (TPSA) is 86.8 Å². The molecule has 2 aromatic rings. The Morgan fingerprint density at radius 2 is 1.68 bits per heavy atom. The van der Waals surface area contributed by atoms with Gasteiger partial charge in [-0.2, -0.15) is 0 Å². The van der Waals surface area contributed by atoms with Gasteiger partial charge in [0.1, 0.15) is 0 Å². The molecule has 0 aliphatic carbocycles. The SMILES string of the molecule is Cc1ccccc1CN(C)C(=O)CNC(=O)c1cccc(S(=O)(=O)N(C)C)c1. The molecule has 2 rings (SSSR count). The first-order valence-corrected chi connectivity index (χ1v) is 10.2. The highest BCUT2D eigenvalue weighted by atomic mass is 32.2. The second kappa shape index (κ2) is 8.99. The number of aryl methyl sites for hydroxylation is 1. The van der Waals surface area contributed by atoms with E-state index in [0.717, 1.165) is 15.4 Å². The molecule has 7 nitrogen and oxygen atoms in total. The van der Waals surface area contributed by atoms with Crippen LogP contribution in [0, 0.1) is 6.92 Å². The second-order valence-electron chi connectivity index (χ2n) is 6.67. The van der Waals surface area contributed by atoms with E-state index in [1.54, 1.807) is 7.05 Å². The fraction of sp³-hybridized carbons (Fsp3) is 0.300. The number of carbonyl (C=O) groups is 2. The van der Waals surface area contributed by atoms with E-state index in [0.29, 0.717) is 6.54 Å². The molecule has 2 aromatic carbocycles. The summed E-state index contributed by atoms with van der Waals surface area (Å²) in [7, 11) is 0.877. The number of nitrogens with zero attached hydrogens (tertiary/aromatic N) is 2. The zero-order valence-corrected chi connectivity index (χ0v) is 17.3. The van der Waals surface area contributed by atoms with Crippen LogP contribution in [-0.2, 0) is 21.4 Å². The predicted molar refractivity (Wildman–Crippen MR) is 107 cm³/mol. The number of nitrogens with one attached hydrogen (secondary N) is 1. The maximum atomic E-state index is 12.3. The highest BCUT2D eigenvalue weighted by Gasteiger charge is 2.19. The lowest BCUT2D eigenvalue weighted by Crippen LogP contribution is -2.38. The van der Waals surface area contributed by atoms with E-state index in [1.807, 2.05) is 31.2 Å². The Morgan fingerprint density at radius 1 is 1.00 bits per heavy atom. The zero-order valence-electron chi connectivity index (χ0n) is 16.5. The van der Waals surface area contributed by atoms with E-state index in [4.69, 9.17) is 0 Å². The minimum atomic E-state index is -3.64. The van der Waals surface area contributed by atoms with Crippen LogP contribution in [0.2, 0.25) is 0 Å². The Balaban J connectivity index is 2.00. The summed E-state index contributed by atoms with van der Waals surface area (Å²) in [5, 5.41) is 2.55. The molecule has 0 spiro atoms. The molecule has 0 saturated carbocycles. The van der Waals surface area contributed by atoms with Crippen LogP contribution in [0.3, 0.4) is 0 Å². The molecular weight excluding hydrogens is 378 g/mol. The monoisotopic (exact) mass is 403 g/mol. The molecule has 0 heterocycles. The predicted octanol–water partition coefficient (Wildman–Crippen LogP) is 1.63. The van der Waals surface area contributed by atoms with Crippen molar-refractivity contribution in [1.29, 1.82) is 0 Å². The van der Waals surface area contributed by atoms with E-state index in [1.165, 1.54) is 43.3 Å². The van der Waals surface area contributed by atoms with Gasteiger partial charge in [-0.15, -0.1) is 0 Å². The lowest BCUT2D eigenvalue weighted by Gasteiger charge is -2.19. The second-order valence-corrected chi connectivity index (χ2v) is 8.83. The lowest BCUT2D eigenvalue weighted by molar-refractivity contribution is -0.129. The molecule has 28 heavy (non-hydrogen) atoms. The lowest BCUT2D eigenvalue weighted by atomic mass is 10.1. The van der Waals surface area contributed by atoms with Crippen molar-refractivity contribution in [3.05, 3.63) is 65.2 Å². The quantitative estimate of drug-likeness (QED) is 0.761. The van der Waals surface area contributed by atoms with Gasteiger partial charge in [0.2, 0.25) is 15.9 Å². The van der Waals surface area contributed by atoms with Gasteiger partial charge in [0.15, 0.2) is 0 Å². The van der Waals surface area contributed by atoms with Crippen molar-refractivity contribution in [1.82, 2.24) is 14.5 Å². The third-order valence-electron chi connectivity index (χ3n) is 4.37. The van der Waals surface area contributed by atoms with Crippen LogP contribution < -0.4 is 5.32 Å². The molecule has 0 aliphatic heterocycles. The molecule has 0 aliphatic rings. The molecule has 0 bridgehead atoms. The van der Waals surface area contributed by atoms with E-state index >= 15 is 0 Å². The number of hydrogen-bond acceptors (Lipinski definition) is 4. The van der Waals surface area contributed by atoms with Crippen LogP contribution in [0.15, 0.2) is 53.4 Å². The van der Waals surface area contributed by atoms with Gasteiger partial charge in [-0.1, -0.05) is 30.3 Å². The number of sulfonamides is 1. The average Bonchev–Trinajstić information content (AvgIpc) is 2.67. The van der Waals surface area contributed by atoms with Gasteiger partial charge in [-0.3, -0.25) is 9.59 Å². The highest BCUT2D eigenvalue weighted by Crippen LogP contribution is 2.15. The zero-order chi connectivity index (χ0) is 20.9. The molecule has 0 saturated heterocycles. The van der Waals surface area contributed by atoms with E-state index < -0.39 is 15.9 Å². The smallest absolute Gasteiger partial charge is 0.251 e. The molecule has 0 fully saturated rings. The van der Waals surface area contributed by atoms with Gasteiger partial charge in [0.05, 0.1) is 11.4 Å². The van der Waals surface area contributed by atoms with Crippen molar-refractivity contribution in [3.63, 3.8) is 0 Å². The van der Waals surface area contributed by atoms with Crippen LogP contribution >= 0.6 is 0 Å². The summed E-state index contributed by atoms with van der Waals surface area (Å²) >= 11 is 0. The average molecular weight is 404 g/mol. The molecule has 0 atom stereocenters. The third-order valence-corrected chi connectivity index (χ3v) is 6.18. The van der Waals surface area contributed by atoms with Crippen LogP contribution in [0.5, 0.6) is 0 Å². The molecule has 0 aromatic heterocycles. The van der Waals surface area contributed by atoms with Crippen LogP contribution in [0.1, 0.15) is 21.5 Å². The first-order valence-electron chi connectivity index (χ1n) is 8.72. The molecule has 0 unspecified atom stereocenters. The number of benzene rings is 2. The van der Waals surface area contributed by atoms with Gasteiger partial charge in [-0.05, 0) is 36.2 Å². The van der Waals surface area contributed by atoms with Crippen molar-refractivity contribution in [2.75, 3.05) is 27.7 Å². The summed E-state index contributed by atoms with van der Waals surface area (Å²) in [5.74, 6) is -0.748. The van der Waals surface area contributed by atoms with Gasteiger partial charge in [0, 0.05) is 33.3 Å². The van der Waals surface area contributed by atoms with Crippen molar-refractivity contribution < 1.29 is 18.0 Å². The summed E-state index contributed by atoms with van der Waals surface area (Å²) < 4.78 is 25.5. The first kappa shape index (κ1) is 21.6. The van der Waals surface area contributed by atoms with Crippen LogP contribution in [0.4, 0.5) is 0 Å². The van der Waals surface area contributed by atoms with Crippen LogP contribution in [0.25, 0.3) is 0 Å². The van der Waals surface area contributed by atoms with Gasteiger partial charge >= 0.3 is 0 Å². The molecule has 1 N–H and O–H groups in total. The maximum absolute atomic E-state index is 12.3. The van der Waals surface area contributed by atoms with Crippen molar-refractivity contribution in [3.8, 4) is 0 Å². The van der Waals surface area contributed by atoms with Gasteiger partial charge in [-0.25, -0.2) is 12.7 Å². The normalized spacial score (nSPS) is 11.3. The number of amides is 2. The molecular formula is C20H25N3O4S. The largest absolute Gasteiger partial charge is 0.343 e. The number of rotatable bonds is 7. The standard InChI is InChI=1S/C20H25N3O4S/c1-15-8-5-6-9-17(15)14-23(4)19(24)13-21-20(25)16-10-7-11-18(12-16)28(26,27)22(2)3/h5-12H,13-14H2,1-4H3,(H,21,25). The van der Waals surface area contributed by atoms with Gasteiger partial charge in [0.25, 0.3) is 5.91 Å². The van der Waals surface area contributed by atoms with Crippen molar-refractivity contribution in [2.45, 2.75) is 18.4 Å². The van der Waals surface area contributed by atoms with E-state index in [2.05, 4.69) is 5.32 Å². The molecule has 8 heteroatoms. The summed E-state index contributed by atoms with van der Waals surface area (Å²) in [5.41, 5.74) is 2.30. The first-order chi connectivity index (χ1) is 13.1. The third kappa shape index (κ3) is 5.17. The number of likely N-dealkylation sites (N-methyl/N-ethyl adjacent to an activating group) is 1. The summed E-state index contributed by atoms with van der Waals surface area (Å²) in [4.78, 5) is 26.2. The van der Waals surface area contributed by atoms with Crippen molar-refractivity contribution >= 4 is 21.8 Å². The summed E-state index contributed by atoms with van der Waals surface area (Å²) in [6.45, 7) is 2.24. The van der Waals surface area contributed by atoms with E-state index in [-0.39, 0.29) is 22.9 Å². The van der Waals surface area contributed by atoms with Gasteiger partial charge < -0.3 is 10.2 Å². The molecule has 0 radical (unpaired) electrons. The molecule has 150 valence electrons. The maximum Gasteiger partial charge on any atom is 0.251 e. The number of carbonyl (C=O) groups excluding carboxylic acids is 2. The Hall–Kier alpha value is -2.71. The Bertz CT molecular complexity index is 971.